The number of aliphatic hydroxyl groups is 1. The van der Waals surface area contributed by atoms with E-state index in [4.69, 9.17) is 0 Å². The quantitative estimate of drug-likeness (QED) is 0.814. The highest BCUT2D eigenvalue weighted by atomic mass is 32.2. The van der Waals surface area contributed by atoms with Crippen molar-refractivity contribution in [3.05, 3.63) is 29.3 Å². The van der Waals surface area contributed by atoms with Crippen LogP contribution in [0.25, 0.3) is 0 Å². The first-order chi connectivity index (χ1) is 7.23. The predicted molar refractivity (Wildman–Crippen MR) is 62.2 cm³/mol. The van der Waals surface area contributed by atoms with Crippen LogP contribution in [0.15, 0.2) is 23.1 Å². The SMILES string of the molecule is CC1CS(=O)(=O)c2c1cccc2C(C)(C)O. The van der Waals surface area contributed by atoms with E-state index in [0.29, 0.717) is 10.5 Å². The molecular formula is C12H16O3S. The van der Waals surface area contributed by atoms with Crippen LogP contribution in [0.2, 0.25) is 0 Å². The molecule has 1 aliphatic heterocycles. The van der Waals surface area contributed by atoms with E-state index >= 15 is 0 Å². The summed E-state index contributed by atoms with van der Waals surface area (Å²) in [5.74, 6) is 0.164. The third-order valence-corrected chi connectivity index (χ3v) is 5.03. The Hall–Kier alpha value is -0.870. The van der Waals surface area contributed by atoms with E-state index in [0.717, 1.165) is 5.56 Å². The Bertz CT molecular complexity index is 524. The molecule has 0 amide bonds. The fourth-order valence-corrected chi connectivity index (χ4v) is 4.56. The van der Waals surface area contributed by atoms with Gasteiger partial charge in [0, 0.05) is 5.56 Å². The molecule has 88 valence electrons. The molecule has 1 aromatic rings. The van der Waals surface area contributed by atoms with Crippen LogP contribution in [-0.4, -0.2) is 19.3 Å². The highest BCUT2D eigenvalue weighted by Crippen LogP contribution is 2.40. The molecule has 0 aromatic heterocycles. The lowest BCUT2D eigenvalue weighted by Gasteiger charge is -2.20. The van der Waals surface area contributed by atoms with Crippen molar-refractivity contribution in [1.82, 2.24) is 0 Å². The first kappa shape index (κ1) is 11.6. The number of fused-ring (bicyclic) bond motifs is 1. The zero-order valence-corrected chi connectivity index (χ0v) is 10.5. The number of hydrogen-bond acceptors (Lipinski definition) is 3. The van der Waals surface area contributed by atoms with Crippen molar-refractivity contribution in [1.29, 1.82) is 0 Å². The number of sulfone groups is 1. The maximum Gasteiger partial charge on any atom is 0.179 e. The lowest BCUT2D eigenvalue weighted by molar-refractivity contribution is 0.0754. The second-order valence-electron chi connectivity index (χ2n) is 4.97. The molecule has 1 atom stereocenters. The summed E-state index contributed by atoms with van der Waals surface area (Å²) in [7, 11) is -3.23. The van der Waals surface area contributed by atoms with Crippen LogP contribution in [-0.2, 0) is 15.4 Å². The minimum atomic E-state index is -3.23. The normalized spacial score (nSPS) is 23.1. The van der Waals surface area contributed by atoms with Gasteiger partial charge in [-0.2, -0.15) is 0 Å². The van der Waals surface area contributed by atoms with Crippen LogP contribution < -0.4 is 0 Å². The molecule has 1 heterocycles. The first-order valence-electron chi connectivity index (χ1n) is 5.32. The zero-order valence-electron chi connectivity index (χ0n) is 9.69. The van der Waals surface area contributed by atoms with E-state index in [1.807, 2.05) is 19.1 Å². The summed E-state index contributed by atoms with van der Waals surface area (Å²) in [6.45, 7) is 5.12. The van der Waals surface area contributed by atoms with Gasteiger partial charge in [-0.25, -0.2) is 8.42 Å². The van der Waals surface area contributed by atoms with Crippen molar-refractivity contribution in [3.8, 4) is 0 Å². The Morgan fingerprint density at radius 1 is 1.38 bits per heavy atom. The minimum absolute atomic E-state index is 0.0160. The summed E-state index contributed by atoms with van der Waals surface area (Å²) in [6, 6.07) is 5.33. The molecule has 3 nitrogen and oxygen atoms in total. The van der Waals surface area contributed by atoms with E-state index in [9.17, 15) is 13.5 Å². The molecule has 0 saturated carbocycles. The molecule has 0 fully saturated rings. The molecule has 0 saturated heterocycles. The third kappa shape index (κ3) is 1.66. The monoisotopic (exact) mass is 240 g/mol. The second kappa shape index (κ2) is 3.31. The van der Waals surface area contributed by atoms with Gasteiger partial charge in [0.15, 0.2) is 9.84 Å². The van der Waals surface area contributed by atoms with Gasteiger partial charge < -0.3 is 5.11 Å². The number of rotatable bonds is 1. The maximum absolute atomic E-state index is 12.0. The average Bonchev–Trinajstić information content (AvgIpc) is 2.36. The van der Waals surface area contributed by atoms with Crippen LogP contribution in [0.1, 0.15) is 37.8 Å². The lowest BCUT2D eigenvalue weighted by Crippen LogP contribution is -2.19. The van der Waals surface area contributed by atoms with Gasteiger partial charge in [0.1, 0.15) is 0 Å². The molecule has 2 rings (SSSR count). The van der Waals surface area contributed by atoms with Crippen LogP contribution >= 0.6 is 0 Å². The second-order valence-corrected chi connectivity index (χ2v) is 6.94. The fraction of sp³-hybridized carbons (Fsp3) is 0.500. The zero-order chi connectivity index (χ0) is 12.1. The van der Waals surface area contributed by atoms with Crippen molar-refractivity contribution in [2.45, 2.75) is 37.2 Å². The average molecular weight is 240 g/mol. The number of hydrogen-bond donors (Lipinski definition) is 1. The van der Waals surface area contributed by atoms with Gasteiger partial charge in [0.25, 0.3) is 0 Å². The van der Waals surface area contributed by atoms with Crippen molar-refractivity contribution in [3.63, 3.8) is 0 Å². The summed E-state index contributed by atoms with van der Waals surface area (Å²) < 4.78 is 24.0. The van der Waals surface area contributed by atoms with E-state index in [1.165, 1.54) is 0 Å². The fourth-order valence-electron chi connectivity index (χ4n) is 2.27. The largest absolute Gasteiger partial charge is 0.386 e. The Labute approximate surface area is 96.0 Å². The molecule has 1 aromatic carbocycles. The van der Waals surface area contributed by atoms with E-state index in [-0.39, 0.29) is 11.7 Å². The predicted octanol–water partition coefficient (Wildman–Crippen LogP) is 1.80. The minimum Gasteiger partial charge on any atom is -0.386 e. The van der Waals surface area contributed by atoms with Crippen LogP contribution in [0.3, 0.4) is 0 Å². The standard InChI is InChI=1S/C12H16O3S/c1-8-7-16(14,15)11-9(8)5-4-6-10(11)12(2,3)13/h4-6,8,13H,7H2,1-3H3. The molecular weight excluding hydrogens is 224 g/mol. The van der Waals surface area contributed by atoms with Crippen LogP contribution in [0, 0.1) is 0 Å². The Balaban J connectivity index is 2.79. The van der Waals surface area contributed by atoms with E-state index in [2.05, 4.69) is 0 Å². The summed E-state index contributed by atoms with van der Waals surface area (Å²) in [5, 5.41) is 10.0. The van der Waals surface area contributed by atoms with Gasteiger partial charge in [-0.05, 0) is 25.3 Å². The van der Waals surface area contributed by atoms with Gasteiger partial charge >= 0.3 is 0 Å². The van der Waals surface area contributed by atoms with Gasteiger partial charge in [-0.3, -0.25) is 0 Å². The summed E-state index contributed by atoms with van der Waals surface area (Å²) in [6.07, 6.45) is 0. The van der Waals surface area contributed by atoms with E-state index in [1.54, 1.807) is 19.9 Å². The van der Waals surface area contributed by atoms with Crippen LogP contribution in [0.5, 0.6) is 0 Å². The van der Waals surface area contributed by atoms with Gasteiger partial charge in [0.05, 0.1) is 16.2 Å². The van der Waals surface area contributed by atoms with E-state index < -0.39 is 15.4 Å². The van der Waals surface area contributed by atoms with Gasteiger partial charge in [0.2, 0.25) is 0 Å². The molecule has 1 aliphatic rings. The highest BCUT2D eigenvalue weighted by molar-refractivity contribution is 7.91. The van der Waals surface area contributed by atoms with Crippen LogP contribution in [0.4, 0.5) is 0 Å². The molecule has 0 bridgehead atoms. The topological polar surface area (TPSA) is 54.4 Å². The van der Waals surface area contributed by atoms with Crippen molar-refractivity contribution in [2.75, 3.05) is 5.75 Å². The molecule has 0 radical (unpaired) electrons. The molecule has 4 heteroatoms. The first-order valence-corrected chi connectivity index (χ1v) is 6.97. The molecule has 0 aliphatic carbocycles. The number of benzene rings is 1. The Morgan fingerprint density at radius 2 is 2.00 bits per heavy atom. The van der Waals surface area contributed by atoms with Crippen molar-refractivity contribution >= 4 is 9.84 Å². The van der Waals surface area contributed by atoms with Gasteiger partial charge in [-0.15, -0.1) is 0 Å². The Morgan fingerprint density at radius 3 is 2.56 bits per heavy atom. The summed E-state index contributed by atoms with van der Waals surface area (Å²) in [4.78, 5) is 0.343. The molecule has 16 heavy (non-hydrogen) atoms. The molecule has 0 spiro atoms. The third-order valence-electron chi connectivity index (χ3n) is 3.02. The summed E-state index contributed by atoms with van der Waals surface area (Å²) >= 11 is 0. The maximum atomic E-state index is 12.0. The van der Waals surface area contributed by atoms with Gasteiger partial charge in [-0.1, -0.05) is 25.1 Å². The molecule has 1 unspecified atom stereocenters. The smallest absolute Gasteiger partial charge is 0.179 e. The van der Waals surface area contributed by atoms with Crippen molar-refractivity contribution < 1.29 is 13.5 Å². The lowest BCUT2D eigenvalue weighted by atomic mass is 9.93. The Kier molecular flexibility index (Phi) is 2.40. The molecule has 1 N–H and O–H groups in total. The summed E-state index contributed by atoms with van der Waals surface area (Å²) in [5.41, 5.74) is 0.219. The van der Waals surface area contributed by atoms with Crippen molar-refractivity contribution in [2.24, 2.45) is 0 Å². The highest BCUT2D eigenvalue weighted by Gasteiger charge is 2.37.